The molecule has 0 radical (unpaired) electrons. The number of hydrogen-bond donors (Lipinski definition) is 2. The van der Waals surface area contributed by atoms with Crippen LogP contribution in [0.25, 0.3) is 0 Å². The molecule has 1 amide bonds. The summed E-state index contributed by atoms with van der Waals surface area (Å²) in [7, 11) is 0. The number of amides is 1. The van der Waals surface area contributed by atoms with E-state index in [9.17, 15) is 13.6 Å². The van der Waals surface area contributed by atoms with E-state index in [4.69, 9.17) is 0 Å². The molecule has 0 bridgehead atoms. The summed E-state index contributed by atoms with van der Waals surface area (Å²) >= 11 is 0. The van der Waals surface area contributed by atoms with Crippen LogP contribution in [0.3, 0.4) is 0 Å². The molecule has 1 aromatic carbocycles. The van der Waals surface area contributed by atoms with E-state index in [1.165, 1.54) is 12.1 Å². The molecule has 2 aromatic rings. The van der Waals surface area contributed by atoms with Crippen molar-refractivity contribution in [2.24, 2.45) is 0 Å². The normalized spacial score (nSPS) is 16.1. The Morgan fingerprint density at radius 1 is 1.26 bits per heavy atom. The monoisotopic (exact) mass is 262 g/mol. The fraction of sp³-hybridized carbons (Fsp3) is 0.214. The summed E-state index contributed by atoms with van der Waals surface area (Å²) in [6.45, 7) is 0. The van der Waals surface area contributed by atoms with Crippen LogP contribution in [-0.2, 0) is 5.54 Å². The van der Waals surface area contributed by atoms with Gasteiger partial charge in [0, 0.05) is 17.8 Å². The van der Waals surface area contributed by atoms with Crippen molar-refractivity contribution in [3.05, 3.63) is 59.4 Å². The van der Waals surface area contributed by atoms with Crippen molar-refractivity contribution < 1.29 is 13.6 Å². The highest BCUT2D eigenvalue weighted by atomic mass is 19.1. The predicted octanol–water partition coefficient (Wildman–Crippen LogP) is 2.71. The number of carbonyl (C=O) groups is 1. The molecular weight excluding hydrogens is 250 g/mol. The first-order valence-electron chi connectivity index (χ1n) is 6.02. The molecular formula is C14H12F2N2O. The van der Waals surface area contributed by atoms with E-state index in [0.717, 1.165) is 6.07 Å². The first-order chi connectivity index (χ1) is 9.11. The summed E-state index contributed by atoms with van der Waals surface area (Å²) in [6.07, 6.45) is 2.96. The molecule has 1 aliphatic carbocycles. The molecule has 19 heavy (non-hydrogen) atoms. The van der Waals surface area contributed by atoms with E-state index in [0.29, 0.717) is 24.1 Å². The highest BCUT2D eigenvalue weighted by molar-refractivity contribution is 5.93. The number of halogens is 2. The second-order valence-corrected chi connectivity index (χ2v) is 4.74. The number of nitrogens with one attached hydrogen (secondary N) is 2. The van der Waals surface area contributed by atoms with Crippen LogP contribution < -0.4 is 5.32 Å². The highest BCUT2D eigenvalue weighted by Crippen LogP contribution is 2.46. The van der Waals surface area contributed by atoms with Crippen LogP contribution in [0.5, 0.6) is 0 Å². The zero-order valence-electron chi connectivity index (χ0n) is 10.0. The zero-order valence-corrected chi connectivity index (χ0v) is 10.0. The van der Waals surface area contributed by atoms with Crippen LogP contribution >= 0.6 is 0 Å². The Hall–Kier alpha value is -2.17. The first kappa shape index (κ1) is 11.9. The molecule has 98 valence electrons. The number of aromatic nitrogens is 1. The lowest BCUT2D eigenvalue weighted by atomic mass is 10.0. The summed E-state index contributed by atoms with van der Waals surface area (Å²) in [5.74, 6) is -1.52. The molecule has 0 aliphatic heterocycles. The van der Waals surface area contributed by atoms with Gasteiger partial charge in [-0.05, 0) is 31.0 Å². The minimum absolute atomic E-state index is 0.286. The van der Waals surface area contributed by atoms with Crippen LogP contribution in [0.2, 0.25) is 0 Å². The van der Waals surface area contributed by atoms with Crippen LogP contribution in [0.15, 0.2) is 36.5 Å². The van der Waals surface area contributed by atoms with Gasteiger partial charge < -0.3 is 10.3 Å². The van der Waals surface area contributed by atoms with E-state index >= 15 is 0 Å². The molecule has 1 aliphatic rings. The number of H-pyrrole nitrogens is 1. The molecule has 5 heteroatoms. The quantitative estimate of drug-likeness (QED) is 0.877. The number of hydrogen-bond acceptors (Lipinski definition) is 1. The smallest absolute Gasteiger partial charge is 0.268 e. The van der Waals surface area contributed by atoms with Gasteiger partial charge in [0.15, 0.2) is 0 Å². The second-order valence-electron chi connectivity index (χ2n) is 4.74. The maximum Gasteiger partial charge on any atom is 0.268 e. The molecule has 1 aromatic heterocycles. The first-order valence-corrected chi connectivity index (χ1v) is 6.02. The lowest BCUT2D eigenvalue weighted by Gasteiger charge is -2.18. The third kappa shape index (κ3) is 2.12. The third-order valence-corrected chi connectivity index (χ3v) is 3.39. The summed E-state index contributed by atoms with van der Waals surface area (Å²) < 4.78 is 26.7. The van der Waals surface area contributed by atoms with Gasteiger partial charge in [-0.2, -0.15) is 0 Å². The van der Waals surface area contributed by atoms with Crippen molar-refractivity contribution in [2.75, 3.05) is 0 Å². The largest absolute Gasteiger partial charge is 0.357 e. The van der Waals surface area contributed by atoms with Crippen molar-refractivity contribution >= 4 is 5.91 Å². The average Bonchev–Trinajstić information content (AvgIpc) is 2.93. The van der Waals surface area contributed by atoms with Gasteiger partial charge in [-0.3, -0.25) is 4.79 Å². The van der Waals surface area contributed by atoms with Gasteiger partial charge >= 0.3 is 0 Å². The molecule has 1 fully saturated rings. The predicted molar refractivity (Wildman–Crippen MR) is 65.5 cm³/mol. The number of carbonyl (C=O) groups excluding carboxylic acids is 1. The fourth-order valence-corrected chi connectivity index (χ4v) is 2.22. The summed E-state index contributed by atoms with van der Waals surface area (Å²) in [4.78, 5) is 14.8. The lowest BCUT2D eigenvalue weighted by molar-refractivity contribution is 0.0925. The molecule has 1 heterocycles. The van der Waals surface area contributed by atoms with Crippen LogP contribution in [0.1, 0.15) is 28.9 Å². The van der Waals surface area contributed by atoms with Gasteiger partial charge in [0.05, 0.1) is 5.54 Å². The van der Waals surface area contributed by atoms with Crippen molar-refractivity contribution in [1.82, 2.24) is 10.3 Å². The Bertz CT molecular complexity index is 618. The van der Waals surface area contributed by atoms with Gasteiger partial charge in [-0.25, -0.2) is 8.78 Å². The Morgan fingerprint density at radius 3 is 2.63 bits per heavy atom. The van der Waals surface area contributed by atoms with Crippen LogP contribution in [-0.4, -0.2) is 10.9 Å². The minimum atomic E-state index is -0.694. The molecule has 0 spiro atoms. The van der Waals surface area contributed by atoms with Crippen molar-refractivity contribution in [3.63, 3.8) is 0 Å². The molecule has 1 saturated carbocycles. The third-order valence-electron chi connectivity index (χ3n) is 3.39. The Balaban J connectivity index is 1.86. The van der Waals surface area contributed by atoms with E-state index in [-0.39, 0.29) is 5.91 Å². The zero-order chi connectivity index (χ0) is 13.5. The Kier molecular flexibility index (Phi) is 2.62. The van der Waals surface area contributed by atoms with Crippen molar-refractivity contribution in [3.8, 4) is 0 Å². The Labute approximate surface area is 108 Å². The molecule has 0 saturated heterocycles. The lowest BCUT2D eigenvalue weighted by Crippen LogP contribution is -2.35. The topological polar surface area (TPSA) is 44.9 Å². The van der Waals surface area contributed by atoms with Gasteiger partial charge in [-0.1, -0.05) is 6.07 Å². The summed E-state index contributed by atoms with van der Waals surface area (Å²) in [5.41, 5.74) is 0.0718. The average molecular weight is 262 g/mol. The van der Waals surface area contributed by atoms with E-state index in [1.807, 2.05) is 0 Å². The highest BCUT2D eigenvalue weighted by Gasteiger charge is 2.47. The summed E-state index contributed by atoms with van der Waals surface area (Å²) in [6, 6.07) is 6.81. The Morgan fingerprint density at radius 2 is 2.05 bits per heavy atom. The van der Waals surface area contributed by atoms with E-state index < -0.39 is 17.2 Å². The van der Waals surface area contributed by atoms with Gasteiger partial charge in [0.25, 0.3) is 5.91 Å². The molecule has 3 rings (SSSR count). The van der Waals surface area contributed by atoms with Gasteiger partial charge in [-0.15, -0.1) is 0 Å². The molecule has 2 N–H and O–H groups in total. The SMILES string of the molecule is O=C(NC1(c2ccc(F)cc2F)CC1)c1ccc[nH]1. The van der Waals surface area contributed by atoms with E-state index in [1.54, 1.807) is 18.3 Å². The van der Waals surface area contributed by atoms with Crippen LogP contribution in [0, 0.1) is 11.6 Å². The van der Waals surface area contributed by atoms with Crippen molar-refractivity contribution in [2.45, 2.75) is 18.4 Å². The minimum Gasteiger partial charge on any atom is -0.357 e. The maximum atomic E-state index is 13.8. The molecule has 3 nitrogen and oxygen atoms in total. The molecule has 0 unspecified atom stereocenters. The standard InChI is InChI=1S/C14H12F2N2O/c15-9-3-4-10(11(16)8-9)14(5-6-14)18-13(19)12-2-1-7-17-12/h1-4,7-8,17H,5-6H2,(H,18,19). The second kappa shape index (κ2) is 4.19. The number of rotatable bonds is 3. The number of aromatic amines is 1. The van der Waals surface area contributed by atoms with Gasteiger partial charge in [0.1, 0.15) is 17.3 Å². The van der Waals surface area contributed by atoms with Gasteiger partial charge in [0.2, 0.25) is 0 Å². The maximum absolute atomic E-state index is 13.8. The number of benzene rings is 1. The molecule has 0 atom stereocenters. The van der Waals surface area contributed by atoms with Crippen LogP contribution in [0.4, 0.5) is 8.78 Å². The van der Waals surface area contributed by atoms with Crippen molar-refractivity contribution in [1.29, 1.82) is 0 Å². The summed E-state index contributed by atoms with van der Waals surface area (Å²) in [5, 5.41) is 2.81. The van der Waals surface area contributed by atoms with E-state index in [2.05, 4.69) is 10.3 Å². The fourth-order valence-electron chi connectivity index (χ4n) is 2.22.